The first kappa shape index (κ1) is 16.4. The second kappa shape index (κ2) is 6.57. The fraction of sp³-hybridized carbons (Fsp3) is 0.158. The zero-order valence-corrected chi connectivity index (χ0v) is 14.1. The summed E-state index contributed by atoms with van der Waals surface area (Å²) in [4.78, 5) is 16.9. The van der Waals surface area contributed by atoms with Gasteiger partial charge >= 0.3 is 0 Å². The molecule has 0 saturated heterocycles. The molecule has 3 rings (SSSR count). The number of carbonyl (C=O) groups excluding carboxylic acids is 1. The number of aromatic nitrogens is 1. The molecule has 0 aliphatic rings. The van der Waals surface area contributed by atoms with Gasteiger partial charge in [0.05, 0.1) is 17.6 Å². The standard InChI is InChI=1S/C19H16ClFN2O/c1-11-14-5-3-4-6-17(14)22-12(2)15(11)10-19(24)23-18-8-7-13(20)9-16(18)21/h3-9H,10H2,1-2H3,(H,23,24). The number of carbonyl (C=O) groups is 1. The highest BCUT2D eigenvalue weighted by molar-refractivity contribution is 6.30. The van der Waals surface area contributed by atoms with E-state index in [9.17, 15) is 9.18 Å². The molecule has 1 heterocycles. The van der Waals surface area contributed by atoms with Gasteiger partial charge in [-0.05, 0) is 49.2 Å². The zero-order valence-electron chi connectivity index (χ0n) is 13.4. The van der Waals surface area contributed by atoms with Crippen LogP contribution in [0.5, 0.6) is 0 Å². The Morgan fingerprint density at radius 3 is 2.71 bits per heavy atom. The molecule has 1 amide bonds. The molecule has 0 atom stereocenters. The molecule has 3 aromatic rings. The summed E-state index contributed by atoms with van der Waals surface area (Å²) in [5.74, 6) is -0.847. The number of amides is 1. The Hall–Kier alpha value is -2.46. The molecular weight excluding hydrogens is 327 g/mol. The number of nitrogens with zero attached hydrogens (tertiary/aromatic N) is 1. The van der Waals surface area contributed by atoms with Gasteiger partial charge in [0.1, 0.15) is 5.82 Å². The van der Waals surface area contributed by atoms with E-state index in [0.717, 1.165) is 27.7 Å². The first-order chi connectivity index (χ1) is 11.5. The van der Waals surface area contributed by atoms with Crippen molar-refractivity contribution in [3.05, 3.63) is 70.1 Å². The molecule has 0 bridgehead atoms. The number of pyridine rings is 1. The molecule has 0 radical (unpaired) electrons. The number of aryl methyl sites for hydroxylation is 2. The van der Waals surface area contributed by atoms with Crippen molar-refractivity contribution in [1.82, 2.24) is 4.98 Å². The highest BCUT2D eigenvalue weighted by Gasteiger charge is 2.14. The van der Waals surface area contributed by atoms with E-state index in [-0.39, 0.29) is 23.0 Å². The van der Waals surface area contributed by atoms with E-state index in [4.69, 9.17) is 11.6 Å². The number of rotatable bonds is 3. The summed E-state index contributed by atoms with van der Waals surface area (Å²) < 4.78 is 13.8. The quantitative estimate of drug-likeness (QED) is 0.741. The lowest BCUT2D eigenvalue weighted by atomic mass is 9.99. The van der Waals surface area contributed by atoms with Crippen LogP contribution in [0, 0.1) is 19.7 Å². The lowest BCUT2D eigenvalue weighted by molar-refractivity contribution is -0.115. The van der Waals surface area contributed by atoms with Crippen LogP contribution in [0.15, 0.2) is 42.5 Å². The van der Waals surface area contributed by atoms with Gasteiger partial charge in [0.25, 0.3) is 0 Å². The Morgan fingerprint density at radius 2 is 1.96 bits per heavy atom. The van der Waals surface area contributed by atoms with Gasteiger partial charge in [0, 0.05) is 16.1 Å². The van der Waals surface area contributed by atoms with E-state index in [1.54, 1.807) is 0 Å². The molecule has 3 nitrogen and oxygen atoms in total. The zero-order chi connectivity index (χ0) is 17.3. The lowest BCUT2D eigenvalue weighted by Crippen LogP contribution is -2.17. The molecule has 0 spiro atoms. The summed E-state index contributed by atoms with van der Waals surface area (Å²) in [7, 11) is 0. The normalized spacial score (nSPS) is 10.8. The SMILES string of the molecule is Cc1nc2ccccc2c(C)c1CC(=O)Nc1ccc(Cl)cc1F. The second-order valence-corrected chi connectivity index (χ2v) is 6.10. The molecule has 0 aliphatic heterocycles. The molecule has 0 unspecified atom stereocenters. The predicted molar refractivity (Wildman–Crippen MR) is 95.0 cm³/mol. The summed E-state index contributed by atoms with van der Waals surface area (Å²) in [5, 5.41) is 3.89. The third-order valence-corrected chi connectivity index (χ3v) is 4.26. The molecule has 24 heavy (non-hydrogen) atoms. The van der Waals surface area contributed by atoms with Gasteiger partial charge in [-0.1, -0.05) is 29.8 Å². The number of hydrogen-bond donors (Lipinski definition) is 1. The minimum Gasteiger partial charge on any atom is -0.323 e. The Balaban J connectivity index is 1.88. The van der Waals surface area contributed by atoms with Crippen molar-refractivity contribution in [3.63, 3.8) is 0 Å². The number of anilines is 1. The molecule has 5 heteroatoms. The molecule has 1 N–H and O–H groups in total. The fourth-order valence-corrected chi connectivity index (χ4v) is 2.94. The van der Waals surface area contributed by atoms with Gasteiger partial charge in [0.2, 0.25) is 5.91 Å². The van der Waals surface area contributed by atoms with Crippen LogP contribution < -0.4 is 5.32 Å². The highest BCUT2D eigenvalue weighted by atomic mass is 35.5. The molecule has 0 aliphatic carbocycles. The summed E-state index contributed by atoms with van der Waals surface area (Å²) >= 11 is 5.72. The lowest BCUT2D eigenvalue weighted by Gasteiger charge is -2.13. The maximum Gasteiger partial charge on any atom is 0.228 e. The third-order valence-electron chi connectivity index (χ3n) is 4.03. The number of benzene rings is 2. The first-order valence-corrected chi connectivity index (χ1v) is 7.93. The molecule has 0 saturated carbocycles. The van der Waals surface area contributed by atoms with Crippen LogP contribution in [-0.4, -0.2) is 10.9 Å². The fourth-order valence-electron chi connectivity index (χ4n) is 2.78. The second-order valence-electron chi connectivity index (χ2n) is 5.67. The first-order valence-electron chi connectivity index (χ1n) is 7.55. The van der Waals surface area contributed by atoms with Crippen molar-refractivity contribution < 1.29 is 9.18 Å². The van der Waals surface area contributed by atoms with Gasteiger partial charge in [-0.25, -0.2) is 4.39 Å². The van der Waals surface area contributed by atoms with E-state index in [2.05, 4.69) is 10.3 Å². The molecule has 122 valence electrons. The predicted octanol–water partition coefficient (Wildman–Crippen LogP) is 4.83. The van der Waals surface area contributed by atoms with Gasteiger partial charge in [-0.15, -0.1) is 0 Å². The largest absolute Gasteiger partial charge is 0.323 e. The van der Waals surface area contributed by atoms with Crippen LogP contribution in [0.1, 0.15) is 16.8 Å². The van der Waals surface area contributed by atoms with Crippen LogP contribution in [0.4, 0.5) is 10.1 Å². The summed E-state index contributed by atoms with van der Waals surface area (Å²) in [5.41, 5.74) is 3.71. The van der Waals surface area contributed by atoms with Crippen LogP contribution in [0.2, 0.25) is 5.02 Å². The number of nitrogens with one attached hydrogen (secondary N) is 1. The highest BCUT2D eigenvalue weighted by Crippen LogP contribution is 2.24. The van der Waals surface area contributed by atoms with Crippen molar-refractivity contribution >= 4 is 34.1 Å². The maximum atomic E-state index is 13.8. The van der Waals surface area contributed by atoms with Gasteiger partial charge in [-0.3, -0.25) is 9.78 Å². The molecule has 0 fully saturated rings. The summed E-state index contributed by atoms with van der Waals surface area (Å²) in [6.45, 7) is 3.85. The topological polar surface area (TPSA) is 42.0 Å². The maximum absolute atomic E-state index is 13.8. The third kappa shape index (κ3) is 3.24. The van der Waals surface area contributed by atoms with Crippen LogP contribution in [0.25, 0.3) is 10.9 Å². The van der Waals surface area contributed by atoms with Crippen molar-refractivity contribution in [2.45, 2.75) is 20.3 Å². The minimum atomic E-state index is -0.555. The van der Waals surface area contributed by atoms with Gasteiger partial charge in [-0.2, -0.15) is 0 Å². The van der Waals surface area contributed by atoms with Crippen LogP contribution in [0.3, 0.4) is 0 Å². The number of halogens is 2. The Morgan fingerprint density at radius 1 is 1.21 bits per heavy atom. The van der Waals surface area contributed by atoms with E-state index < -0.39 is 5.82 Å². The Bertz CT molecular complexity index is 940. The number of hydrogen-bond acceptors (Lipinski definition) is 2. The van der Waals surface area contributed by atoms with E-state index in [1.165, 1.54) is 18.2 Å². The molecular formula is C19H16ClFN2O. The van der Waals surface area contributed by atoms with E-state index in [0.29, 0.717) is 0 Å². The number of para-hydroxylation sites is 1. The van der Waals surface area contributed by atoms with Gasteiger partial charge in [0.15, 0.2) is 0 Å². The van der Waals surface area contributed by atoms with E-state index in [1.807, 2.05) is 38.1 Å². The monoisotopic (exact) mass is 342 g/mol. The molecule has 1 aromatic heterocycles. The van der Waals surface area contributed by atoms with Crippen LogP contribution >= 0.6 is 11.6 Å². The van der Waals surface area contributed by atoms with Crippen LogP contribution in [-0.2, 0) is 11.2 Å². The average Bonchev–Trinajstić information content (AvgIpc) is 2.54. The van der Waals surface area contributed by atoms with Crippen molar-refractivity contribution in [2.75, 3.05) is 5.32 Å². The number of fused-ring (bicyclic) bond motifs is 1. The summed E-state index contributed by atoms with van der Waals surface area (Å²) in [6, 6.07) is 12.0. The van der Waals surface area contributed by atoms with E-state index >= 15 is 0 Å². The average molecular weight is 343 g/mol. The van der Waals surface area contributed by atoms with Crippen molar-refractivity contribution in [1.29, 1.82) is 0 Å². The minimum absolute atomic E-state index is 0.119. The smallest absolute Gasteiger partial charge is 0.228 e. The van der Waals surface area contributed by atoms with Crippen molar-refractivity contribution in [3.8, 4) is 0 Å². The van der Waals surface area contributed by atoms with Crippen molar-refractivity contribution in [2.24, 2.45) is 0 Å². The Labute approximate surface area is 144 Å². The Kier molecular flexibility index (Phi) is 4.49. The summed E-state index contributed by atoms with van der Waals surface area (Å²) in [6.07, 6.45) is 0.136. The van der Waals surface area contributed by atoms with Gasteiger partial charge < -0.3 is 5.32 Å². The molecule has 2 aromatic carbocycles.